The Kier molecular flexibility index (Phi) is 3.04. The molecule has 0 spiro atoms. The van der Waals surface area contributed by atoms with E-state index in [4.69, 9.17) is 9.47 Å². The van der Waals surface area contributed by atoms with E-state index in [1.165, 1.54) is 0 Å². The van der Waals surface area contributed by atoms with E-state index in [0.29, 0.717) is 12.2 Å². The first-order chi connectivity index (χ1) is 9.33. The maximum Gasteiger partial charge on any atom is 0.337 e. The first-order valence-electron chi connectivity index (χ1n) is 7.44. The van der Waals surface area contributed by atoms with Crippen LogP contribution in [-0.2, 0) is 14.3 Å². The Morgan fingerprint density at radius 2 is 2.00 bits per heavy atom. The Morgan fingerprint density at radius 1 is 1.30 bits per heavy atom. The summed E-state index contributed by atoms with van der Waals surface area (Å²) in [6, 6.07) is 0. The molecule has 0 bridgehead atoms. The number of esters is 1. The summed E-state index contributed by atoms with van der Waals surface area (Å²) < 4.78 is 10.7. The lowest BCUT2D eigenvalue weighted by Gasteiger charge is -2.56. The van der Waals surface area contributed by atoms with Gasteiger partial charge in [-0.25, -0.2) is 4.79 Å². The lowest BCUT2D eigenvalue weighted by Crippen LogP contribution is -2.57. The molecule has 0 saturated heterocycles. The van der Waals surface area contributed by atoms with Crippen molar-refractivity contribution in [3.63, 3.8) is 0 Å². The maximum absolute atomic E-state index is 12.0. The number of hydrogen-bond donors (Lipinski definition) is 1. The predicted octanol–water partition coefficient (Wildman–Crippen LogP) is 2.06. The summed E-state index contributed by atoms with van der Waals surface area (Å²) in [5.41, 5.74) is 1.53. The maximum atomic E-state index is 12.0. The number of hydrogen-bond acceptors (Lipinski definition) is 4. The second-order valence-electron chi connectivity index (χ2n) is 7.35. The molecule has 112 valence electrons. The van der Waals surface area contributed by atoms with Crippen molar-refractivity contribution in [3.05, 3.63) is 11.1 Å². The molecule has 0 aromatic carbocycles. The summed E-state index contributed by atoms with van der Waals surface area (Å²) in [6.45, 7) is 6.98. The molecular weight excluding hydrogens is 256 g/mol. The Balaban J connectivity index is 2.17. The van der Waals surface area contributed by atoms with Crippen molar-refractivity contribution in [2.75, 3.05) is 13.7 Å². The molecule has 0 aromatic rings. The van der Waals surface area contributed by atoms with E-state index in [2.05, 4.69) is 20.8 Å². The van der Waals surface area contributed by atoms with Crippen LogP contribution in [0.15, 0.2) is 11.1 Å². The van der Waals surface area contributed by atoms with E-state index in [1.807, 2.05) is 0 Å². The third kappa shape index (κ3) is 1.64. The molecule has 2 aliphatic carbocycles. The Hall–Kier alpha value is -0.870. The van der Waals surface area contributed by atoms with Crippen molar-refractivity contribution >= 4 is 5.97 Å². The van der Waals surface area contributed by atoms with Gasteiger partial charge in [-0.2, -0.15) is 0 Å². The van der Waals surface area contributed by atoms with Gasteiger partial charge in [0.15, 0.2) is 0 Å². The first-order valence-corrected chi connectivity index (χ1v) is 7.44. The highest BCUT2D eigenvalue weighted by Gasteiger charge is 2.60. The molecule has 1 aliphatic heterocycles. The van der Waals surface area contributed by atoms with Gasteiger partial charge in [-0.15, -0.1) is 0 Å². The molecule has 4 heteroatoms. The van der Waals surface area contributed by atoms with Crippen molar-refractivity contribution in [3.8, 4) is 0 Å². The average Bonchev–Trinajstić information content (AvgIpc) is 2.72. The van der Waals surface area contributed by atoms with Crippen LogP contribution in [-0.4, -0.2) is 37.0 Å². The van der Waals surface area contributed by atoms with Gasteiger partial charge in [0.05, 0.1) is 11.7 Å². The summed E-state index contributed by atoms with van der Waals surface area (Å²) >= 11 is 0. The number of aliphatic hydroxyl groups is 1. The lowest BCUT2D eigenvalue weighted by molar-refractivity contribution is -0.141. The summed E-state index contributed by atoms with van der Waals surface area (Å²) in [6.07, 6.45) is 2.03. The van der Waals surface area contributed by atoms with Gasteiger partial charge < -0.3 is 14.6 Å². The average molecular weight is 280 g/mol. The van der Waals surface area contributed by atoms with Gasteiger partial charge in [-0.1, -0.05) is 27.2 Å². The second-order valence-corrected chi connectivity index (χ2v) is 7.35. The molecule has 0 unspecified atom stereocenters. The van der Waals surface area contributed by atoms with Crippen LogP contribution in [0, 0.1) is 16.7 Å². The molecule has 1 saturated carbocycles. The van der Waals surface area contributed by atoms with Crippen molar-refractivity contribution in [1.82, 2.24) is 0 Å². The van der Waals surface area contributed by atoms with Gasteiger partial charge in [0.25, 0.3) is 0 Å². The summed E-state index contributed by atoms with van der Waals surface area (Å²) in [7, 11) is 1.56. The SMILES string of the molecule is CO[C@@H]1C2=C(COC2=O)[C@]2(C)CCCC(C)(C)[C@@H]2[C@@H]1O. The van der Waals surface area contributed by atoms with Gasteiger partial charge in [-0.3, -0.25) is 0 Å². The van der Waals surface area contributed by atoms with Gasteiger partial charge >= 0.3 is 5.97 Å². The molecule has 1 N–H and O–H groups in total. The smallest absolute Gasteiger partial charge is 0.337 e. The van der Waals surface area contributed by atoms with Crippen LogP contribution < -0.4 is 0 Å². The minimum absolute atomic E-state index is 0.0351. The monoisotopic (exact) mass is 280 g/mol. The van der Waals surface area contributed by atoms with Gasteiger partial charge in [0.1, 0.15) is 12.7 Å². The number of aliphatic hydroxyl groups excluding tert-OH is 1. The van der Waals surface area contributed by atoms with E-state index in [1.54, 1.807) is 7.11 Å². The van der Waals surface area contributed by atoms with Gasteiger partial charge in [-0.05, 0) is 29.2 Å². The summed E-state index contributed by atoms with van der Waals surface area (Å²) in [4.78, 5) is 12.0. The molecule has 20 heavy (non-hydrogen) atoms. The molecule has 3 rings (SSSR count). The van der Waals surface area contributed by atoms with Gasteiger partial charge in [0, 0.05) is 13.0 Å². The van der Waals surface area contributed by atoms with E-state index in [-0.39, 0.29) is 22.7 Å². The van der Waals surface area contributed by atoms with Crippen LogP contribution in [0.1, 0.15) is 40.0 Å². The van der Waals surface area contributed by atoms with Crippen molar-refractivity contribution < 1.29 is 19.4 Å². The molecule has 1 heterocycles. The number of carbonyl (C=O) groups excluding carboxylic acids is 1. The fourth-order valence-corrected chi connectivity index (χ4v) is 5.04. The zero-order valence-electron chi connectivity index (χ0n) is 12.7. The number of cyclic esters (lactones) is 1. The minimum Gasteiger partial charge on any atom is -0.458 e. The van der Waals surface area contributed by atoms with Crippen LogP contribution in [0.5, 0.6) is 0 Å². The number of ether oxygens (including phenoxy) is 2. The fourth-order valence-electron chi connectivity index (χ4n) is 5.04. The van der Waals surface area contributed by atoms with Crippen LogP contribution in [0.25, 0.3) is 0 Å². The standard InChI is InChI=1S/C16H24O4/c1-15(2)6-5-7-16(3)9-8-20-14(18)10(9)12(19-4)11(17)13(15)16/h11-13,17H,5-8H2,1-4H3/t11-,12-,13+,16+/m1/s1. The number of carbonyl (C=O) groups is 1. The molecule has 3 aliphatic rings. The Morgan fingerprint density at radius 3 is 2.65 bits per heavy atom. The Bertz CT molecular complexity index is 479. The van der Waals surface area contributed by atoms with E-state index in [0.717, 1.165) is 24.8 Å². The molecule has 4 atom stereocenters. The predicted molar refractivity (Wildman–Crippen MR) is 74.0 cm³/mol. The second kappa shape index (κ2) is 4.31. The van der Waals surface area contributed by atoms with Crippen LogP contribution in [0.4, 0.5) is 0 Å². The molecular formula is C16H24O4. The largest absolute Gasteiger partial charge is 0.458 e. The highest BCUT2D eigenvalue weighted by molar-refractivity contribution is 5.93. The zero-order valence-corrected chi connectivity index (χ0v) is 12.7. The molecule has 0 radical (unpaired) electrons. The van der Waals surface area contributed by atoms with Crippen molar-refractivity contribution in [2.45, 2.75) is 52.2 Å². The zero-order chi connectivity index (χ0) is 14.7. The number of fused-ring (bicyclic) bond motifs is 2. The summed E-state index contributed by atoms with van der Waals surface area (Å²) in [5, 5.41) is 10.9. The molecule has 0 amide bonds. The third-order valence-corrected chi connectivity index (χ3v) is 5.82. The van der Waals surface area contributed by atoms with Gasteiger partial charge in [0.2, 0.25) is 0 Å². The first kappa shape index (κ1) is 14.1. The van der Waals surface area contributed by atoms with Crippen LogP contribution in [0.3, 0.4) is 0 Å². The van der Waals surface area contributed by atoms with E-state index >= 15 is 0 Å². The van der Waals surface area contributed by atoms with Crippen molar-refractivity contribution in [2.24, 2.45) is 16.7 Å². The molecule has 0 aromatic heterocycles. The van der Waals surface area contributed by atoms with Crippen LogP contribution in [0.2, 0.25) is 0 Å². The van der Waals surface area contributed by atoms with E-state index in [9.17, 15) is 9.90 Å². The highest BCUT2D eigenvalue weighted by atomic mass is 16.5. The topological polar surface area (TPSA) is 55.8 Å². The quantitative estimate of drug-likeness (QED) is 0.747. The van der Waals surface area contributed by atoms with Crippen LogP contribution >= 0.6 is 0 Å². The Labute approximate surface area is 120 Å². The number of methoxy groups -OCH3 is 1. The summed E-state index contributed by atoms with van der Waals surface area (Å²) in [5.74, 6) is -0.212. The lowest BCUT2D eigenvalue weighted by atomic mass is 9.49. The minimum atomic E-state index is -0.648. The fraction of sp³-hybridized carbons (Fsp3) is 0.812. The van der Waals surface area contributed by atoms with E-state index < -0.39 is 12.2 Å². The highest BCUT2D eigenvalue weighted by Crippen LogP contribution is 2.60. The normalized spacial score (nSPS) is 43.0. The third-order valence-electron chi connectivity index (χ3n) is 5.82. The molecule has 4 nitrogen and oxygen atoms in total. The number of rotatable bonds is 1. The van der Waals surface area contributed by atoms with Crippen molar-refractivity contribution in [1.29, 1.82) is 0 Å². The molecule has 1 fully saturated rings.